The van der Waals surface area contributed by atoms with E-state index in [1.54, 1.807) is 0 Å². The summed E-state index contributed by atoms with van der Waals surface area (Å²) in [7, 11) is 0. The van der Waals surface area contributed by atoms with E-state index in [4.69, 9.17) is 0 Å². The minimum atomic E-state index is 0.540. The Kier molecular flexibility index (Phi) is 4.25. The first-order valence-electron chi connectivity index (χ1n) is 7.77. The van der Waals surface area contributed by atoms with Crippen molar-refractivity contribution in [2.75, 3.05) is 13.1 Å². The molecule has 0 aliphatic carbocycles. The van der Waals surface area contributed by atoms with Gasteiger partial charge in [0.15, 0.2) is 0 Å². The van der Waals surface area contributed by atoms with Gasteiger partial charge in [-0.3, -0.25) is 0 Å². The molecule has 1 N–H and O–H groups in total. The van der Waals surface area contributed by atoms with Crippen LogP contribution in [-0.2, 0) is 0 Å². The van der Waals surface area contributed by atoms with Crippen LogP contribution in [0.1, 0.15) is 50.4 Å². The van der Waals surface area contributed by atoms with Gasteiger partial charge in [0.2, 0.25) is 0 Å². The lowest BCUT2D eigenvalue weighted by Crippen LogP contribution is -2.47. The van der Waals surface area contributed by atoms with Gasteiger partial charge in [-0.1, -0.05) is 19.9 Å². The zero-order chi connectivity index (χ0) is 13.2. The summed E-state index contributed by atoms with van der Waals surface area (Å²) < 4.78 is 0. The van der Waals surface area contributed by atoms with Gasteiger partial charge < -0.3 is 10.2 Å². The van der Waals surface area contributed by atoms with Crippen molar-refractivity contribution in [3.63, 3.8) is 0 Å². The first-order valence-corrected chi connectivity index (χ1v) is 8.65. The fourth-order valence-electron chi connectivity index (χ4n) is 3.70. The van der Waals surface area contributed by atoms with E-state index < -0.39 is 0 Å². The third-order valence-electron chi connectivity index (χ3n) is 4.75. The number of rotatable bonds is 4. The molecule has 0 bridgehead atoms. The normalized spacial score (nSPS) is 29.6. The summed E-state index contributed by atoms with van der Waals surface area (Å²) >= 11 is 1.89. The second-order valence-electron chi connectivity index (χ2n) is 6.46. The van der Waals surface area contributed by atoms with Crippen molar-refractivity contribution in [1.82, 2.24) is 10.2 Å². The van der Waals surface area contributed by atoms with Crippen molar-refractivity contribution in [1.29, 1.82) is 0 Å². The fraction of sp³-hybridized carbons (Fsp3) is 0.750. The van der Waals surface area contributed by atoms with Crippen LogP contribution in [0.15, 0.2) is 17.5 Å². The molecule has 0 aromatic carbocycles. The molecule has 3 unspecified atom stereocenters. The Bertz CT molecular complexity index is 387. The monoisotopic (exact) mass is 278 g/mol. The Hall–Kier alpha value is -0.380. The van der Waals surface area contributed by atoms with E-state index in [1.165, 1.54) is 43.6 Å². The largest absolute Gasteiger partial charge is 0.306 e. The van der Waals surface area contributed by atoms with Crippen LogP contribution in [0.5, 0.6) is 0 Å². The number of piperidine rings is 1. The zero-order valence-corrected chi connectivity index (χ0v) is 13.0. The van der Waals surface area contributed by atoms with Gasteiger partial charge in [0.05, 0.1) is 0 Å². The zero-order valence-electron chi connectivity index (χ0n) is 12.1. The highest BCUT2D eigenvalue weighted by Gasteiger charge is 2.33. The number of hydrogen-bond donors (Lipinski definition) is 1. The van der Waals surface area contributed by atoms with Gasteiger partial charge >= 0.3 is 0 Å². The van der Waals surface area contributed by atoms with Crippen molar-refractivity contribution >= 4 is 11.3 Å². The Morgan fingerprint density at radius 1 is 1.32 bits per heavy atom. The van der Waals surface area contributed by atoms with Crippen LogP contribution in [0.2, 0.25) is 0 Å². The van der Waals surface area contributed by atoms with Crippen LogP contribution in [0.3, 0.4) is 0 Å². The molecule has 2 saturated heterocycles. The van der Waals surface area contributed by atoms with E-state index in [0.717, 1.165) is 6.04 Å². The van der Waals surface area contributed by atoms with Gasteiger partial charge in [0.1, 0.15) is 0 Å². The summed E-state index contributed by atoms with van der Waals surface area (Å²) in [6.07, 6.45) is 5.51. The minimum absolute atomic E-state index is 0.540. The molecular formula is C16H26N2S. The topological polar surface area (TPSA) is 15.3 Å². The second-order valence-corrected chi connectivity index (χ2v) is 7.44. The molecule has 106 valence electrons. The van der Waals surface area contributed by atoms with Crippen molar-refractivity contribution in [2.24, 2.45) is 5.92 Å². The number of nitrogens with one attached hydrogen (secondary N) is 1. The lowest BCUT2D eigenvalue weighted by Gasteiger charge is -2.37. The summed E-state index contributed by atoms with van der Waals surface area (Å²) in [5.74, 6) is 0.667. The maximum absolute atomic E-state index is 3.95. The molecule has 3 heteroatoms. The quantitative estimate of drug-likeness (QED) is 0.904. The third-order valence-corrected chi connectivity index (χ3v) is 5.71. The molecule has 3 rings (SSSR count). The average Bonchev–Trinajstić information content (AvgIpc) is 3.06. The predicted octanol–water partition coefficient (Wildman–Crippen LogP) is 3.66. The van der Waals surface area contributed by atoms with Gasteiger partial charge in [-0.2, -0.15) is 0 Å². The highest BCUT2D eigenvalue weighted by atomic mass is 32.1. The van der Waals surface area contributed by atoms with E-state index in [0.29, 0.717) is 18.0 Å². The first kappa shape index (κ1) is 13.6. The van der Waals surface area contributed by atoms with Crippen molar-refractivity contribution < 1.29 is 0 Å². The molecule has 2 aliphatic rings. The van der Waals surface area contributed by atoms with Crippen LogP contribution in [0.4, 0.5) is 0 Å². The Morgan fingerprint density at radius 2 is 2.21 bits per heavy atom. The highest BCUT2D eigenvalue weighted by molar-refractivity contribution is 7.10. The Morgan fingerprint density at radius 3 is 2.95 bits per heavy atom. The molecule has 0 saturated carbocycles. The lowest BCUT2D eigenvalue weighted by molar-refractivity contribution is 0.156. The number of thiophene rings is 1. The molecule has 1 aromatic heterocycles. The van der Waals surface area contributed by atoms with Crippen molar-refractivity contribution in [3.05, 3.63) is 22.4 Å². The number of fused-ring (bicyclic) bond motifs is 1. The molecule has 19 heavy (non-hydrogen) atoms. The van der Waals surface area contributed by atoms with Gasteiger partial charge in [-0.05, 0) is 56.1 Å². The van der Waals surface area contributed by atoms with Gasteiger partial charge in [0.25, 0.3) is 0 Å². The van der Waals surface area contributed by atoms with Gasteiger partial charge in [0, 0.05) is 23.0 Å². The van der Waals surface area contributed by atoms with E-state index in [-0.39, 0.29) is 0 Å². The van der Waals surface area contributed by atoms with E-state index >= 15 is 0 Å². The number of hydrogen-bond acceptors (Lipinski definition) is 3. The molecular weight excluding hydrogens is 252 g/mol. The maximum Gasteiger partial charge on any atom is 0.0440 e. The Labute approximate surface area is 121 Å². The highest BCUT2D eigenvalue weighted by Crippen LogP contribution is 2.31. The predicted molar refractivity (Wildman–Crippen MR) is 82.7 cm³/mol. The van der Waals surface area contributed by atoms with Crippen LogP contribution in [-0.4, -0.2) is 30.1 Å². The molecule has 2 aliphatic heterocycles. The van der Waals surface area contributed by atoms with E-state index in [2.05, 4.69) is 41.6 Å². The summed E-state index contributed by atoms with van der Waals surface area (Å²) in [4.78, 5) is 4.21. The molecule has 1 aromatic rings. The average molecular weight is 278 g/mol. The van der Waals surface area contributed by atoms with Crippen LogP contribution in [0, 0.1) is 5.92 Å². The maximum atomic E-state index is 3.95. The van der Waals surface area contributed by atoms with Gasteiger partial charge in [-0.15, -0.1) is 11.3 Å². The number of nitrogens with zero attached hydrogens (tertiary/aromatic N) is 1. The summed E-state index contributed by atoms with van der Waals surface area (Å²) in [5.41, 5.74) is 0. The lowest BCUT2D eigenvalue weighted by atomic mass is 9.94. The van der Waals surface area contributed by atoms with Crippen LogP contribution >= 0.6 is 11.3 Å². The standard InChI is InChI=1S/C16H26N2S/c1-12(2)16(15-6-4-10-19-15)17-13-7-9-18-8-3-5-14(18)11-13/h4,6,10,12-14,16-17H,3,5,7-9,11H2,1-2H3. The van der Waals surface area contributed by atoms with Crippen LogP contribution < -0.4 is 5.32 Å². The smallest absolute Gasteiger partial charge is 0.0440 e. The Balaban J connectivity index is 1.63. The van der Waals surface area contributed by atoms with E-state index in [1.807, 2.05) is 11.3 Å². The third kappa shape index (κ3) is 3.04. The molecule has 0 spiro atoms. The molecule has 3 atom stereocenters. The summed E-state index contributed by atoms with van der Waals surface area (Å²) in [6, 6.07) is 6.58. The molecule has 0 radical (unpaired) electrons. The van der Waals surface area contributed by atoms with Crippen LogP contribution in [0.25, 0.3) is 0 Å². The minimum Gasteiger partial charge on any atom is -0.306 e. The fourth-order valence-corrected chi connectivity index (χ4v) is 4.66. The SMILES string of the molecule is CC(C)C(NC1CCN2CCCC2C1)c1cccs1. The van der Waals surface area contributed by atoms with E-state index in [9.17, 15) is 0 Å². The molecule has 2 nitrogen and oxygen atoms in total. The molecule has 0 amide bonds. The van der Waals surface area contributed by atoms with Gasteiger partial charge in [-0.25, -0.2) is 0 Å². The van der Waals surface area contributed by atoms with Crippen molar-refractivity contribution in [3.8, 4) is 0 Å². The van der Waals surface area contributed by atoms with Crippen molar-refractivity contribution in [2.45, 2.75) is 57.7 Å². The molecule has 2 fully saturated rings. The first-order chi connectivity index (χ1) is 9.24. The second kappa shape index (κ2) is 5.94. The molecule has 3 heterocycles. The summed E-state index contributed by atoms with van der Waals surface area (Å²) in [6.45, 7) is 7.32. The summed E-state index contributed by atoms with van der Waals surface area (Å²) in [5, 5.41) is 6.15.